The zero-order chi connectivity index (χ0) is 37.3. The number of hydrogen-bond acceptors (Lipinski definition) is 2. The Morgan fingerprint density at radius 2 is 0.571 bits per heavy atom. The van der Waals surface area contributed by atoms with Crippen LogP contribution in [0.1, 0.15) is 11.1 Å². The molecule has 264 valence electrons. The van der Waals surface area contributed by atoms with Gasteiger partial charge in [-0.3, -0.25) is 0 Å². The van der Waals surface area contributed by atoms with Gasteiger partial charge in [-0.15, -0.1) is 0 Å². The van der Waals surface area contributed by atoms with Crippen molar-refractivity contribution in [2.75, 3.05) is 9.80 Å². The minimum absolute atomic E-state index is 1.11. The highest BCUT2D eigenvalue weighted by Crippen LogP contribution is 2.46. The van der Waals surface area contributed by atoms with Gasteiger partial charge in [0.1, 0.15) is 0 Å². The molecule has 0 radical (unpaired) electrons. The van der Waals surface area contributed by atoms with E-state index < -0.39 is 0 Å². The minimum atomic E-state index is 1.11. The predicted molar refractivity (Wildman–Crippen MR) is 241 cm³/mol. The summed E-state index contributed by atoms with van der Waals surface area (Å²) in [6.07, 6.45) is 4.39. The van der Waals surface area contributed by atoms with Gasteiger partial charge in [0.05, 0.1) is 11.4 Å². The highest BCUT2D eigenvalue weighted by atomic mass is 15.1. The predicted octanol–water partition coefficient (Wildman–Crippen LogP) is 15.4. The van der Waals surface area contributed by atoms with Crippen LogP contribution in [0.15, 0.2) is 218 Å². The first-order valence-electron chi connectivity index (χ1n) is 19.2. The third-order valence-corrected chi connectivity index (χ3v) is 10.8. The molecule has 10 rings (SSSR count). The lowest BCUT2D eigenvalue weighted by molar-refractivity contribution is 1.28. The van der Waals surface area contributed by atoms with Crippen molar-refractivity contribution in [1.29, 1.82) is 0 Å². The maximum absolute atomic E-state index is 2.46. The van der Waals surface area contributed by atoms with E-state index in [0.717, 1.165) is 45.3 Å². The van der Waals surface area contributed by atoms with Crippen LogP contribution in [0, 0.1) is 0 Å². The van der Waals surface area contributed by atoms with Gasteiger partial charge < -0.3 is 9.80 Å². The Kier molecular flexibility index (Phi) is 8.55. The first kappa shape index (κ1) is 33.2. The van der Waals surface area contributed by atoms with Crippen LogP contribution < -0.4 is 9.80 Å². The van der Waals surface area contributed by atoms with Crippen LogP contribution in [0.25, 0.3) is 55.2 Å². The SMILES string of the molecule is C(=C\c1ccc(N(c2cc3ccccc3c3ccccc23)c2cc3ccccc3c3ccccc23)cc1)/c1ccc(N(c2ccccc2)c2ccccc2)cc1. The van der Waals surface area contributed by atoms with Gasteiger partial charge in [0.15, 0.2) is 0 Å². The maximum atomic E-state index is 2.46. The van der Waals surface area contributed by atoms with Gasteiger partial charge in [-0.05, 0) is 104 Å². The monoisotopic (exact) mass is 714 g/mol. The summed E-state index contributed by atoms with van der Waals surface area (Å²) in [6, 6.07) is 78.6. The van der Waals surface area contributed by atoms with Crippen LogP contribution in [0.3, 0.4) is 0 Å². The zero-order valence-electron chi connectivity index (χ0n) is 30.8. The second-order valence-electron chi connectivity index (χ2n) is 14.2. The molecule has 0 aliphatic rings. The van der Waals surface area contributed by atoms with Crippen molar-refractivity contribution in [2.45, 2.75) is 0 Å². The number of para-hydroxylation sites is 2. The number of fused-ring (bicyclic) bond motifs is 6. The first-order chi connectivity index (χ1) is 27.8. The van der Waals surface area contributed by atoms with Gasteiger partial charge in [-0.25, -0.2) is 0 Å². The topological polar surface area (TPSA) is 6.48 Å². The largest absolute Gasteiger partial charge is 0.311 e. The van der Waals surface area contributed by atoms with E-state index in [1.54, 1.807) is 0 Å². The first-order valence-corrected chi connectivity index (χ1v) is 19.2. The highest BCUT2D eigenvalue weighted by molar-refractivity contribution is 6.18. The van der Waals surface area contributed by atoms with E-state index >= 15 is 0 Å². The lowest BCUT2D eigenvalue weighted by Crippen LogP contribution is -2.11. The molecule has 0 amide bonds. The Morgan fingerprint density at radius 1 is 0.250 bits per heavy atom. The molecule has 10 aromatic carbocycles. The summed E-state index contributed by atoms with van der Waals surface area (Å²) < 4.78 is 0. The lowest BCUT2D eigenvalue weighted by Gasteiger charge is -2.29. The standard InChI is InChI=1S/C54H38N2/c1-3-17-43(18-4-1)55(44-19-5-2-6-20-44)45-33-29-39(30-34-45)27-28-40-31-35-46(36-32-40)56(53-37-41-15-7-9-21-47(41)49-23-11-13-25-51(49)53)54-38-42-16-8-10-22-48(42)50-24-12-14-26-52(50)54/h1-38H/b28-27+. The second-order valence-corrected chi connectivity index (χ2v) is 14.2. The smallest absolute Gasteiger partial charge is 0.0546 e. The Morgan fingerprint density at radius 3 is 1.00 bits per heavy atom. The number of anilines is 6. The molecule has 0 aromatic heterocycles. The Hall–Kier alpha value is -7.42. The van der Waals surface area contributed by atoms with E-state index in [1.165, 1.54) is 43.1 Å². The minimum Gasteiger partial charge on any atom is -0.311 e. The van der Waals surface area contributed by atoms with Gasteiger partial charge in [0.2, 0.25) is 0 Å². The fourth-order valence-electron chi connectivity index (χ4n) is 8.11. The summed E-state index contributed by atoms with van der Waals surface area (Å²) in [7, 11) is 0. The van der Waals surface area contributed by atoms with E-state index in [1.807, 2.05) is 0 Å². The number of benzene rings is 10. The van der Waals surface area contributed by atoms with E-state index in [9.17, 15) is 0 Å². The number of nitrogens with zero attached hydrogens (tertiary/aromatic N) is 2. The van der Waals surface area contributed by atoms with Crippen molar-refractivity contribution in [3.63, 3.8) is 0 Å². The van der Waals surface area contributed by atoms with Gasteiger partial charge in [0, 0.05) is 33.5 Å². The van der Waals surface area contributed by atoms with Crippen molar-refractivity contribution in [3.8, 4) is 0 Å². The summed E-state index contributed by atoms with van der Waals surface area (Å²) in [4.78, 5) is 4.75. The van der Waals surface area contributed by atoms with Gasteiger partial charge >= 0.3 is 0 Å². The molecule has 56 heavy (non-hydrogen) atoms. The summed E-state index contributed by atoms with van der Waals surface area (Å²) in [5, 5.41) is 9.89. The normalized spacial score (nSPS) is 11.5. The van der Waals surface area contributed by atoms with E-state index in [2.05, 4.69) is 240 Å². The Bertz CT molecular complexity index is 2850. The molecule has 2 nitrogen and oxygen atoms in total. The van der Waals surface area contributed by atoms with Crippen molar-refractivity contribution in [3.05, 3.63) is 230 Å². The van der Waals surface area contributed by atoms with Crippen LogP contribution in [-0.2, 0) is 0 Å². The summed E-state index contributed by atoms with van der Waals surface area (Å²) in [5.41, 5.74) is 9.08. The Balaban J connectivity index is 1.05. The van der Waals surface area contributed by atoms with E-state index in [-0.39, 0.29) is 0 Å². The van der Waals surface area contributed by atoms with Crippen LogP contribution >= 0.6 is 0 Å². The van der Waals surface area contributed by atoms with Crippen LogP contribution in [-0.4, -0.2) is 0 Å². The molecule has 0 unspecified atom stereocenters. The summed E-state index contributed by atoms with van der Waals surface area (Å²) in [6.45, 7) is 0. The second kappa shape index (κ2) is 14.4. The van der Waals surface area contributed by atoms with E-state index in [4.69, 9.17) is 0 Å². The molecule has 0 spiro atoms. The molecular formula is C54H38N2. The lowest BCUT2D eigenvalue weighted by atomic mass is 9.96. The molecule has 0 heterocycles. The maximum Gasteiger partial charge on any atom is 0.0546 e. The molecule has 0 fully saturated rings. The number of hydrogen-bond donors (Lipinski definition) is 0. The van der Waals surface area contributed by atoms with Crippen LogP contribution in [0.2, 0.25) is 0 Å². The highest BCUT2D eigenvalue weighted by Gasteiger charge is 2.20. The molecule has 0 saturated heterocycles. The Labute approximate surface area is 327 Å². The quantitative estimate of drug-likeness (QED) is 0.114. The molecule has 0 saturated carbocycles. The van der Waals surface area contributed by atoms with Crippen LogP contribution in [0.5, 0.6) is 0 Å². The number of rotatable bonds is 8. The average Bonchev–Trinajstić information content (AvgIpc) is 3.27. The van der Waals surface area contributed by atoms with Crippen molar-refractivity contribution in [1.82, 2.24) is 0 Å². The van der Waals surface area contributed by atoms with Gasteiger partial charge in [-0.2, -0.15) is 0 Å². The van der Waals surface area contributed by atoms with Crippen molar-refractivity contribution >= 4 is 89.4 Å². The summed E-state index contributed by atoms with van der Waals surface area (Å²) in [5.74, 6) is 0. The van der Waals surface area contributed by atoms with Gasteiger partial charge in [-0.1, -0.05) is 170 Å². The third-order valence-electron chi connectivity index (χ3n) is 10.8. The molecular weight excluding hydrogens is 677 g/mol. The fraction of sp³-hybridized carbons (Fsp3) is 0. The van der Waals surface area contributed by atoms with Crippen LogP contribution in [0.4, 0.5) is 34.1 Å². The van der Waals surface area contributed by atoms with Gasteiger partial charge in [0.25, 0.3) is 0 Å². The molecule has 0 bridgehead atoms. The molecule has 0 aliphatic carbocycles. The summed E-state index contributed by atoms with van der Waals surface area (Å²) >= 11 is 0. The molecule has 0 aliphatic heterocycles. The van der Waals surface area contributed by atoms with E-state index in [0.29, 0.717) is 0 Å². The molecule has 0 atom stereocenters. The molecule has 2 heteroatoms. The van der Waals surface area contributed by atoms with Crippen molar-refractivity contribution < 1.29 is 0 Å². The third kappa shape index (κ3) is 6.14. The van der Waals surface area contributed by atoms with Crippen molar-refractivity contribution in [2.24, 2.45) is 0 Å². The molecule has 0 N–H and O–H groups in total. The fourth-order valence-corrected chi connectivity index (χ4v) is 8.11. The zero-order valence-corrected chi connectivity index (χ0v) is 30.8. The molecule has 10 aromatic rings. The average molecular weight is 715 g/mol.